The standard InChI is InChI=1S/C12H14BrCl2NO/c1-7(6-13)8(2)16-12(17)11-9(14)4-3-5-10(11)15/h3-5,7-8H,6H2,1-2H3,(H,16,17). The number of nitrogens with one attached hydrogen (secondary N) is 1. The van der Waals surface area contributed by atoms with Gasteiger partial charge in [0.1, 0.15) is 0 Å². The number of carbonyl (C=O) groups is 1. The number of benzene rings is 1. The SMILES string of the molecule is CC(CBr)C(C)NC(=O)c1c(Cl)cccc1Cl. The van der Waals surface area contributed by atoms with Crippen LogP contribution in [0.3, 0.4) is 0 Å². The van der Waals surface area contributed by atoms with Crippen molar-refractivity contribution in [2.24, 2.45) is 5.92 Å². The average molecular weight is 339 g/mol. The van der Waals surface area contributed by atoms with E-state index < -0.39 is 0 Å². The van der Waals surface area contributed by atoms with E-state index in [0.29, 0.717) is 21.5 Å². The number of rotatable bonds is 4. The number of hydrogen-bond donors (Lipinski definition) is 1. The Morgan fingerprint density at radius 3 is 2.35 bits per heavy atom. The minimum Gasteiger partial charge on any atom is -0.349 e. The highest BCUT2D eigenvalue weighted by Gasteiger charge is 2.18. The number of carbonyl (C=O) groups excluding carboxylic acids is 1. The van der Waals surface area contributed by atoms with Gasteiger partial charge in [0.25, 0.3) is 5.91 Å². The molecular weight excluding hydrogens is 325 g/mol. The number of hydrogen-bond acceptors (Lipinski definition) is 1. The first-order valence-electron chi connectivity index (χ1n) is 5.28. The summed E-state index contributed by atoms with van der Waals surface area (Å²) in [4.78, 5) is 12.0. The minimum atomic E-state index is -0.235. The third kappa shape index (κ3) is 3.87. The summed E-state index contributed by atoms with van der Waals surface area (Å²) in [5, 5.41) is 4.45. The van der Waals surface area contributed by atoms with Gasteiger partial charge in [0.05, 0.1) is 15.6 Å². The van der Waals surface area contributed by atoms with Crippen molar-refractivity contribution in [3.8, 4) is 0 Å². The summed E-state index contributed by atoms with van der Waals surface area (Å²) < 4.78 is 0. The molecule has 0 fully saturated rings. The van der Waals surface area contributed by atoms with Gasteiger partial charge >= 0.3 is 0 Å². The number of halogens is 3. The molecule has 2 nitrogen and oxygen atoms in total. The molecule has 0 aliphatic rings. The van der Waals surface area contributed by atoms with Crippen molar-refractivity contribution < 1.29 is 4.79 Å². The zero-order valence-electron chi connectivity index (χ0n) is 9.64. The van der Waals surface area contributed by atoms with Crippen LogP contribution in [0.15, 0.2) is 18.2 Å². The van der Waals surface area contributed by atoms with Crippen molar-refractivity contribution in [1.82, 2.24) is 5.32 Å². The fourth-order valence-corrected chi connectivity index (χ4v) is 2.40. The number of alkyl halides is 1. The van der Waals surface area contributed by atoms with Gasteiger partial charge in [-0.05, 0) is 25.0 Å². The molecule has 0 bridgehead atoms. The molecule has 0 aromatic heterocycles. The van der Waals surface area contributed by atoms with Crippen molar-refractivity contribution in [3.63, 3.8) is 0 Å². The highest BCUT2D eigenvalue weighted by atomic mass is 79.9. The number of amides is 1. The molecule has 0 aliphatic heterocycles. The summed E-state index contributed by atoms with van der Waals surface area (Å²) in [6.45, 7) is 4.00. The first kappa shape index (κ1) is 14.8. The maximum atomic E-state index is 12.0. The average Bonchev–Trinajstić information content (AvgIpc) is 2.27. The lowest BCUT2D eigenvalue weighted by molar-refractivity contribution is 0.0931. The minimum absolute atomic E-state index is 0.0502. The topological polar surface area (TPSA) is 29.1 Å². The molecule has 0 spiro atoms. The third-order valence-corrected chi connectivity index (χ3v) is 4.30. The van der Waals surface area contributed by atoms with Gasteiger partial charge in [0, 0.05) is 11.4 Å². The van der Waals surface area contributed by atoms with Crippen LogP contribution in [0.5, 0.6) is 0 Å². The Hall–Kier alpha value is -0.250. The van der Waals surface area contributed by atoms with E-state index in [2.05, 4.69) is 21.2 Å². The van der Waals surface area contributed by atoms with E-state index in [1.807, 2.05) is 13.8 Å². The monoisotopic (exact) mass is 337 g/mol. The predicted molar refractivity (Wildman–Crippen MR) is 76.3 cm³/mol. The molecule has 0 saturated heterocycles. The second-order valence-corrected chi connectivity index (χ2v) is 5.45. The van der Waals surface area contributed by atoms with Crippen LogP contribution in [0.1, 0.15) is 24.2 Å². The summed E-state index contributed by atoms with van der Waals surface area (Å²) in [5.41, 5.74) is 0.337. The fraction of sp³-hybridized carbons (Fsp3) is 0.417. The van der Waals surface area contributed by atoms with Crippen LogP contribution < -0.4 is 5.32 Å². The molecule has 2 atom stereocenters. The molecule has 0 aliphatic carbocycles. The first-order chi connectivity index (χ1) is 7.97. The van der Waals surface area contributed by atoms with Gasteiger partial charge in [-0.2, -0.15) is 0 Å². The van der Waals surface area contributed by atoms with E-state index in [9.17, 15) is 4.79 Å². The molecule has 1 aromatic rings. The summed E-state index contributed by atoms with van der Waals surface area (Å²) in [5.74, 6) is 0.0983. The van der Waals surface area contributed by atoms with Gasteiger partial charge in [-0.15, -0.1) is 0 Å². The van der Waals surface area contributed by atoms with Crippen molar-refractivity contribution >= 4 is 45.0 Å². The van der Waals surface area contributed by atoms with Crippen LogP contribution in [0, 0.1) is 5.92 Å². The molecule has 1 N–H and O–H groups in total. The fourth-order valence-electron chi connectivity index (χ4n) is 1.27. The van der Waals surface area contributed by atoms with Crippen LogP contribution in [0.4, 0.5) is 0 Å². The quantitative estimate of drug-likeness (QED) is 0.821. The Labute approximate surface area is 120 Å². The summed E-state index contributed by atoms with van der Waals surface area (Å²) in [6, 6.07) is 5.07. The van der Waals surface area contributed by atoms with Crippen LogP contribution in [-0.2, 0) is 0 Å². The molecule has 1 aromatic carbocycles. The normalized spacial score (nSPS) is 14.2. The maximum absolute atomic E-state index is 12.0. The Morgan fingerprint density at radius 1 is 1.35 bits per heavy atom. The van der Waals surface area contributed by atoms with E-state index in [-0.39, 0.29) is 11.9 Å². The van der Waals surface area contributed by atoms with Crippen molar-refractivity contribution in [3.05, 3.63) is 33.8 Å². The molecule has 0 radical (unpaired) electrons. The molecule has 0 saturated carbocycles. The van der Waals surface area contributed by atoms with E-state index in [1.165, 1.54) is 0 Å². The summed E-state index contributed by atoms with van der Waals surface area (Å²) in [7, 11) is 0. The lowest BCUT2D eigenvalue weighted by Gasteiger charge is -2.19. The van der Waals surface area contributed by atoms with Gasteiger partial charge < -0.3 is 5.32 Å². The second-order valence-electron chi connectivity index (χ2n) is 3.99. The van der Waals surface area contributed by atoms with E-state index in [1.54, 1.807) is 18.2 Å². The highest BCUT2D eigenvalue weighted by Crippen LogP contribution is 2.24. The molecule has 94 valence electrons. The van der Waals surface area contributed by atoms with Crippen molar-refractivity contribution in [1.29, 1.82) is 0 Å². The largest absolute Gasteiger partial charge is 0.349 e. The van der Waals surface area contributed by atoms with E-state index >= 15 is 0 Å². The molecule has 0 heterocycles. The van der Waals surface area contributed by atoms with Gasteiger partial charge in [-0.1, -0.05) is 52.1 Å². The Kier molecular flexibility index (Phi) is 5.77. The zero-order valence-corrected chi connectivity index (χ0v) is 12.7. The highest BCUT2D eigenvalue weighted by molar-refractivity contribution is 9.09. The molecule has 5 heteroatoms. The lowest BCUT2D eigenvalue weighted by atomic mass is 10.1. The van der Waals surface area contributed by atoms with Gasteiger partial charge in [-0.25, -0.2) is 0 Å². The van der Waals surface area contributed by atoms with E-state index in [0.717, 1.165) is 5.33 Å². The third-order valence-electron chi connectivity index (χ3n) is 2.65. The van der Waals surface area contributed by atoms with E-state index in [4.69, 9.17) is 23.2 Å². The van der Waals surface area contributed by atoms with Crippen molar-refractivity contribution in [2.75, 3.05) is 5.33 Å². The molecule has 17 heavy (non-hydrogen) atoms. The van der Waals surface area contributed by atoms with Crippen molar-refractivity contribution in [2.45, 2.75) is 19.9 Å². The summed E-state index contributed by atoms with van der Waals surface area (Å²) >= 11 is 15.3. The zero-order chi connectivity index (χ0) is 13.0. The lowest BCUT2D eigenvalue weighted by Crippen LogP contribution is -2.37. The van der Waals surface area contributed by atoms with Crippen LogP contribution in [0.2, 0.25) is 10.0 Å². The first-order valence-corrected chi connectivity index (χ1v) is 7.16. The molecular formula is C12H14BrCl2NO. The van der Waals surface area contributed by atoms with Crippen LogP contribution in [0.25, 0.3) is 0 Å². The molecule has 1 rings (SSSR count). The smallest absolute Gasteiger partial charge is 0.254 e. The van der Waals surface area contributed by atoms with Crippen LogP contribution in [-0.4, -0.2) is 17.3 Å². The summed E-state index contributed by atoms with van der Waals surface area (Å²) in [6.07, 6.45) is 0. The Bertz CT molecular complexity index is 391. The predicted octanol–water partition coefficient (Wildman–Crippen LogP) is 4.14. The molecule has 1 amide bonds. The van der Waals surface area contributed by atoms with Crippen LogP contribution >= 0.6 is 39.1 Å². The maximum Gasteiger partial charge on any atom is 0.254 e. The Balaban J connectivity index is 2.84. The Morgan fingerprint density at radius 2 is 1.88 bits per heavy atom. The second kappa shape index (κ2) is 6.62. The van der Waals surface area contributed by atoms with Gasteiger partial charge in [0.2, 0.25) is 0 Å². The van der Waals surface area contributed by atoms with Gasteiger partial charge in [0.15, 0.2) is 0 Å². The van der Waals surface area contributed by atoms with Gasteiger partial charge in [-0.3, -0.25) is 4.79 Å². The molecule has 2 unspecified atom stereocenters.